The van der Waals surface area contributed by atoms with Crippen molar-refractivity contribution in [3.63, 3.8) is 0 Å². The second kappa shape index (κ2) is 9.87. The summed E-state index contributed by atoms with van der Waals surface area (Å²) in [5, 5.41) is 13.5. The lowest BCUT2D eigenvalue weighted by Crippen LogP contribution is -2.48. The van der Waals surface area contributed by atoms with Gasteiger partial charge in [-0.2, -0.15) is 0 Å². The molecule has 0 spiro atoms. The summed E-state index contributed by atoms with van der Waals surface area (Å²) in [5.74, 6) is -1.47. The first-order chi connectivity index (χ1) is 14.2. The Balaban J connectivity index is 1.95. The van der Waals surface area contributed by atoms with E-state index in [0.29, 0.717) is 5.56 Å². The second-order valence-corrected chi connectivity index (χ2v) is 6.09. The predicted molar refractivity (Wildman–Crippen MR) is 106 cm³/mol. The minimum atomic E-state index is -1.14. The first-order valence-electron chi connectivity index (χ1n) is 8.68. The first kappa shape index (κ1) is 22.1. The molecule has 30 heavy (non-hydrogen) atoms. The molecule has 2 rings (SSSR count). The third kappa shape index (κ3) is 5.67. The van der Waals surface area contributed by atoms with Crippen molar-refractivity contribution in [2.45, 2.75) is 20.0 Å². The van der Waals surface area contributed by atoms with E-state index in [9.17, 15) is 24.5 Å². The molecule has 0 heterocycles. The van der Waals surface area contributed by atoms with Crippen molar-refractivity contribution in [2.75, 3.05) is 12.4 Å². The number of methoxy groups -OCH3 is 1. The van der Waals surface area contributed by atoms with Crippen molar-refractivity contribution < 1.29 is 28.8 Å². The van der Waals surface area contributed by atoms with Crippen LogP contribution in [0.3, 0.4) is 0 Å². The van der Waals surface area contributed by atoms with Crippen LogP contribution in [0, 0.1) is 17.0 Å². The SMILES string of the molecule is COC(=O)c1ccccc1NC(=O)NNC(=O)[C@H](C)Oc1ccc(C)cc1[N+](=O)[O-]. The van der Waals surface area contributed by atoms with Crippen molar-refractivity contribution in [1.82, 2.24) is 10.9 Å². The average Bonchev–Trinajstić information content (AvgIpc) is 2.72. The normalized spacial score (nSPS) is 11.0. The van der Waals surface area contributed by atoms with Gasteiger partial charge >= 0.3 is 17.7 Å². The van der Waals surface area contributed by atoms with E-state index >= 15 is 0 Å². The molecule has 0 aliphatic rings. The summed E-state index contributed by atoms with van der Waals surface area (Å²) in [4.78, 5) is 46.4. The minimum Gasteiger partial charge on any atom is -0.474 e. The molecule has 0 saturated heterocycles. The number of nitrogens with one attached hydrogen (secondary N) is 3. The van der Waals surface area contributed by atoms with Crippen molar-refractivity contribution >= 4 is 29.3 Å². The zero-order valence-corrected chi connectivity index (χ0v) is 16.4. The fourth-order valence-electron chi connectivity index (χ4n) is 2.37. The number of hydrazine groups is 1. The highest BCUT2D eigenvalue weighted by Gasteiger charge is 2.22. The molecule has 11 nitrogen and oxygen atoms in total. The van der Waals surface area contributed by atoms with Crippen LogP contribution in [-0.4, -0.2) is 36.0 Å². The van der Waals surface area contributed by atoms with E-state index in [4.69, 9.17) is 4.74 Å². The van der Waals surface area contributed by atoms with Gasteiger partial charge in [0, 0.05) is 6.07 Å². The van der Waals surface area contributed by atoms with E-state index < -0.39 is 28.9 Å². The predicted octanol–water partition coefficient (Wildman–Crippen LogP) is 2.31. The fraction of sp³-hybridized carbons (Fsp3) is 0.211. The van der Waals surface area contributed by atoms with Gasteiger partial charge in [0.2, 0.25) is 0 Å². The van der Waals surface area contributed by atoms with Crippen LogP contribution in [0.2, 0.25) is 0 Å². The third-order valence-corrected chi connectivity index (χ3v) is 3.86. The Morgan fingerprint density at radius 3 is 2.47 bits per heavy atom. The van der Waals surface area contributed by atoms with Crippen molar-refractivity contribution in [2.24, 2.45) is 0 Å². The molecular formula is C19H20N4O7. The summed E-state index contributed by atoms with van der Waals surface area (Å²) in [6.45, 7) is 3.05. The number of urea groups is 1. The molecule has 2 aromatic carbocycles. The summed E-state index contributed by atoms with van der Waals surface area (Å²) < 4.78 is 9.99. The van der Waals surface area contributed by atoms with Gasteiger partial charge in [-0.1, -0.05) is 18.2 Å². The largest absolute Gasteiger partial charge is 0.474 e. The molecular weight excluding hydrogens is 396 g/mol. The monoisotopic (exact) mass is 416 g/mol. The van der Waals surface area contributed by atoms with E-state index in [1.54, 1.807) is 25.1 Å². The van der Waals surface area contributed by atoms with Gasteiger partial charge in [0.05, 0.1) is 23.3 Å². The average molecular weight is 416 g/mol. The Hall–Kier alpha value is -4.15. The van der Waals surface area contributed by atoms with Crippen LogP contribution < -0.4 is 20.9 Å². The molecule has 0 bridgehead atoms. The molecule has 0 aliphatic carbocycles. The van der Waals surface area contributed by atoms with Crippen molar-refractivity contribution in [1.29, 1.82) is 0 Å². The van der Waals surface area contributed by atoms with Crippen molar-refractivity contribution in [3.05, 3.63) is 63.7 Å². The number of esters is 1. The molecule has 0 unspecified atom stereocenters. The van der Waals surface area contributed by atoms with Crippen LogP contribution in [0.5, 0.6) is 5.75 Å². The smallest absolute Gasteiger partial charge is 0.339 e. The number of nitro benzene ring substituents is 1. The quantitative estimate of drug-likeness (QED) is 0.372. The first-order valence-corrected chi connectivity index (χ1v) is 8.68. The minimum absolute atomic E-state index is 0.0790. The molecule has 0 aromatic heterocycles. The summed E-state index contributed by atoms with van der Waals surface area (Å²) >= 11 is 0. The molecule has 1 atom stereocenters. The maximum absolute atomic E-state index is 12.2. The molecule has 0 aliphatic heterocycles. The highest BCUT2D eigenvalue weighted by Crippen LogP contribution is 2.28. The zero-order valence-electron chi connectivity index (χ0n) is 16.4. The number of anilines is 1. The number of amides is 3. The van der Waals surface area contributed by atoms with E-state index in [2.05, 4.69) is 20.9 Å². The summed E-state index contributed by atoms with van der Waals surface area (Å²) in [6.07, 6.45) is -1.14. The Bertz CT molecular complexity index is 977. The number of benzene rings is 2. The number of aryl methyl sites for hydroxylation is 1. The van der Waals surface area contributed by atoms with Gasteiger partial charge in [-0.05, 0) is 37.6 Å². The lowest BCUT2D eigenvalue weighted by Gasteiger charge is -2.16. The Morgan fingerprint density at radius 1 is 1.10 bits per heavy atom. The number of carbonyl (C=O) groups excluding carboxylic acids is 3. The summed E-state index contributed by atoms with van der Waals surface area (Å²) in [5.41, 5.74) is 4.94. The number of hydrogen-bond donors (Lipinski definition) is 3. The number of para-hydroxylation sites is 1. The standard InChI is InChI=1S/C19H20N4O7/c1-11-8-9-16(15(10-11)23(27)28)30-12(2)17(24)21-22-19(26)20-14-7-5-4-6-13(14)18(25)29-3/h4-10,12H,1-3H3,(H,21,24)(H2,20,22,26)/t12-/m0/s1. The fourth-order valence-corrected chi connectivity index (χ4v) is 2.37. The molecule has 0 fully saturated rings. The number of ether oxygens (including phenoxy) is 2. The summed E-state index contributed by atoms with van der Waals surface area (Å²) in [7, 11) is 1.21. The molecule has 11 heteroatoms. The maximum atomic E-state index is 12.2. The maximum Gasteiger partial charge on any atom is 0.339 e. The van der Waals surface area contributed by atoms with Crippen molar-refractivity contribution in [3.8, 4) is 5.75 Å². The van der Waals surface area contributed by atoms with Gasteiger partial charge in [-0.15, -0.1) is 0 Å². The number of hydrogen-bond acceptors (Lipinski definition) is 7. The van der Waals surface area contributed by atoms with Crippen LogP contribution in [0.25, 0.3) is 0 Å². The van der Waals surface area contributed by atoms with Gasteiger partial charge in [0.1, 0.15) is 0 Å². The van der Waals surface area contributed by atoms with Crippen LogP contribution in [-0.2, 0) is 9.53 Å². The van der Waals surface area contributed by atoms with Crippen LogP contribution in [0.15, 0.2) is 42.5 Å². The van der Waals surface area contributed by atoms with Gasteiger partial charge < -0.3 is 14.8 Å². The van der Waals surface area contributed by atoms with E-state index in [-0.39, 0.29) is 22.7 Å². The van der Waals surface area contributed by atoms with E-state index in [1.165, 1.54) is 38.3 Å². The topological polar surface area (TPSA) is 149 Å². The highest BCUT2D eigenvalue weighted by atomic mass is 16.6. The van der Waals surface area contributed by atoms with Crippen LogP contribution in [0.4, 0.5) is 16.2 Å². The highest BCUT2D eigenvalue weighted by molar-refractivity contribution is 6.01. The Morgan fingerprint density at radius 2 is 1.80 bits per heavy atom. The van der Waals surface area contributed by atoms with Gasteiger partial charge in [-0.25, -0.2) is 15.0 Å². The van der Waals surface area contributed by atoms with Crippen LogP contribution in [0.1, 0.15) is 22.8 Å². The van der Waals surface area contributed by atoms with Gasteiger partial charge in [0.25, 0.3) is 5.91 Å². The van der Waals surface area contributed by atoms with Gasteiger partial charge in [0.15, 0.2) is 11.9 Å². The lowest BCUT2D eigenvalue weighted by molar-refractivity contribution is -0.386. The number of nitro groups is 1. The van der Waals surface area contributed by atoms with Crippen LogP contribution >= 0.6 is 0 Å². The number of rotatable bonds is 6. The number of carbonyl (C=O) groups is 3. The van der Waals surface area contributed by atoms with E-state index in [1.807, 2.05) is 0 Å². The molecule has 3 N–H and O–H groups in total. The molecule has 158 valence electrons. The summed E-state index contributed by atoms with van der Waals surface area (Å²) in [6, 6.07) is 9.64. The lowest BCUT2D eigenvalue weighted by atomic mass is 10.2. The molecule has 3 amide bonds. The molecule has 2 aromatic rings. The Kier molecular flexibility index (Phi) is 7.28. The zero-order chi connectivity index (χ0) is 22.3. The van der Waals surface area contributed by atoms with Gasteiger partial charge in [-0.3, -0.25) is 20.3 Å². The Labute approximate surface area is 171 Å². The molecule has 0 radical (unpaired) electrons. The van der Waals surface area contributed by atoms with E-state index in [0.717, 1.165) is 0 Å². The number of nitrogens with zero attached hydrogens (tertiary/aromatic N) is 1. The second-order valence-electron chi connectivity index (χ2n) is 6.09. The molecule has 0 saturated carbocycles. The third-order valence-electron chi connectivity index (χ3n) is 3.86.